The minimum absolute atomic E-state index is 0.0193. The molecular weight excluding hydrogens is 613 g/mol. The highest BCUT2D eigenvalue weighted by Gasteiger charge is 2.37. The van der Waals surface area contributed by atoms with Gasteiger partial charge in [0.25, 0.3) is 0 Å². The molecule has 47 heavy (non-hydrogen) atoms. The van der Waals surface area contributed by atoms with Gasteiger partial charge in [-0.2, -0.15) is 18.2 Å². The van der Waals surface area contributed by atoms with Crippen molar-refractivity contribution >= 4 is 23.7 Å². The molecule has 15 heteroatoms. The van der Waals surface area contributed by atoms with E-state index in [2.05, 4.69) is 45.9 Å². The molecule has 0 radical (unpaired) electrons. The predicted octanol–water partition coefficient (Wildman–Crippen LogP) is 5.85. The van der Waals surface area contributed by atoms with Crippen molar-refractivity contribution in [2.45, 2.75) is 75.8 Å². The number of halogens is 3. The fraction of sp³-hybridized carbons (Fsp3) is 0.406. The van der Waals surface area contributed by atoms with Crippen LogP contribution >= 0.6 is 0 Å². The smallest absolute Gasteiger partial charge is 0.421 e. The second kappa shape index (κ2) is 14.1. The summed E-state index contributed by atoms with van der Waals surface area (Å²) in [5.74, 6) is 0.196. The zero-order valence-corrected chi connectivity index (χ0v) is 25.7. The Labute approximate surface area is 269 Å². The average molecular weight is 649 g/mol. The Hall–Kier alpha value is -5.08. The molecule has 246 valence electrons. The summed E-state index contributed by atoms with van der Waals surface area (Å²) in [6.45, 7) is 0.330. The van der Waals surface area contributed by atoms with Gasteiger partial charge in [0.1, 0.15) is 11.4 Å². The molecule has 2 aliphatic rings. The molecule has 0 bridgehead atoms. The molecule has 0 saturated heterocycles. The quantitative estimate of drug-likeness (QED) is 0.192. The number of rotatable bonds is 10. The average Bonchev–Trinajstić information content (AvgIpc) is 3.07. The van der Waals surface area contributed by atoms with Crippen LogP contribution in [-0.2, 0) is 12.7 Å². The largest absolute Gasteiger partial charge is 0.467 e. The lowest BCUT2D eigenvalue weighted by atomic mass is 9.90. The number of hydrogen-bond donors (Lipinski definition) is 3. The maximum absolute atomic E-state index is 13.6. The molecule has 0 atom stereocenters. The highest BCUT2D eigenvalue weighted by Crippen LogP contribution is 2.36. The molecule has 6 rings (SSSR count). The van der Waals surface area contributed by atoms with E-state index in [0.29, 0.717) is 43.4 Å². The first-order valence-corrected chi connectivity index (χ1v) is 15.5. The van der Waals surface area contributed by atoms with Crippen LogP contribution in [0.5, 0.6) is 6.01 Å². The number of benzene rings is 1. The zero-order valence-electron chi connectivity index (χ0n) is 25.7. The molecule has 0 spiro atoms. The number of methoxy groups -OCH3 is 1. The predicted molar refractivity (Wildman–Crippen MR) is 169 cm³/mol. The maximum atomic E-state index is 13.6. The van der Waals surface area contributed by atoms with E-state index < -0.39 is 11.7 Å². The second-order valence-electron chi connectivity index (χ2n) is 11.6. The summed E-state index contributed by atoms with van der Waals surface area (Å²) in [5, 5.41) is 9.15. The van der Waals surface area contributed by atoms with Gasteiger partial charge in [0.15, 0.2) is 0 Å². The molecule has 0 aliphatic heterocycles. The van der Waals surface area contributed by atoms with Gasteiger partial charge in [-0.25, -0.2) is 29.7 Å². The number of ether oxygens (including phenoxy) is 1. The van der Waals surface area contributed by atoms with E-state index in [-0.39, 0.29) is 47.9 Å². The van der Waals surface area contributed by atoms with Crippen molar-refractivity contribution < 1.29 is 22.7 Å². The van der Waals surface area contributed by atoms with Crippen LogP contribution in [0.4, 0.5) is 35.7 Å². The topological polar surface area (TPSA) is 143 Å². The number of nitrogens with zero attached hydrogens (tertiary/aromatic N) is 7. The lowest BCUT2D eigenvalue weighted by Crippen LogP contribution is -2.49. The number of aromatic nitrogens is 6. The zero-order chi connectivity index (χ0) is 32.8. The fourth-order valence-corrected chi connectivity index (χ4v) is 5.62. The number of hydrogen-bond acceptors (Lipinski definition) is 10. The van der Waals surface area contributed by atoms with Gasteiger partial charge in [-0.05, 0) is 50.5 Å². The van der Waals surface area contributed by atoms with Crippen LogP contribution in [-0.4, -0.2) is 61.2 Å². The van der Waals surface area contributed by atoms with Crippen LogP contribution in [0.25, 0.3) is 11.1 Å². The number of carbonyl (C=O) groups excluding carboxylic acids is 1. The Morgan fingerprint density at radius 3 is 2.09 bits per heavy atom. The van der Waals surface area contributed by atoms with E-state index in [9.17, 15) is 18.0 Å². The molecule has 3 N–H and O–H groups in total. The van der Waals surface area contributed by atoms with E-state index in [1.165, 1.54) is 7.11 Å². The minimum Gasteiger partial charge on any atom is -0.467 e. The molecule has 4 aromatic rings. The van der Waals surface area contributed by atoms with Crippen molar-refractivity contribution in [3.05, 3.63) is 72.4 Å². The summed E-state index contributed by atoms with van der Waals surface area (Å²) in [7, 11) is 1.49. The molecule has 0 unspecified atom stereocenters. The first-order valence-electron chi connectivity index (χ1n) is 15.5. The van der Waals surface area contributed by atoms with Gasteiger partial charge in [-0.1, -0.05) is 30.3 Å². The van der Waals surface area contributed by atoms with Crippen LogP contribution in [0.15, 0.2) is 61.3 Å². The van der Waals surface area contributed by atoms with Crippen molar-refractivity contribution in [3.8, 4) is 17.1 Å². The highest BCUT2D eigenvalue weighted by molar-refractivity contribution is 5.90. The molecule has 3 heterocycles. The molecule has 2 saturated carbocycles. The number of anilines is 3. The van der Waals surface area contributed by atoms with Crippen LogP contribution in [0.2, 0.25) is 0 Å². The number of amides is 2. The van der Waals surface area contributed by atoms with Crippen LogP contribution in [0, 0.1) is 0 Å². The van der Waals surface area contributed by atoms with Crippen molar-refractivity contribution in [1.82, 2.24) is 35.2 Å². The van der Waals surface area contributed by atoms with Gasteiger partial charge < -0.3 is 20.7 Å². The normalized spacial score (nSPS) is 18.1. The second-order valence-corrected chi connectivity index (χ2v) is 11.6. The van der Waals surface area contributed by atoms with Crippen molar-refractivity contribution in [1.29, 1.82) is 0 Å². The SMILES string of the molecule is COc1ncc(-c2cnc(N(C(=O)NCc3ccccc3)C3CCC(Nc4ncc(C(F)(F)F)c(NC5CCC5)n4)CC3)nc2)cn1. The van der Waals surface area contributed by atoms with E-state index in [1.54, 1.807) is 29.7 Å². The van der Waals surface area contributed by atoms with Crippen molar-refractivity contribution in [3.63, 3.8) is 0 Å². The molecule has 3 aromatic heterocycles. The van der Waals surface area contributed by atoms with E-state index in [1.807, 2.05) is 30.3 Å². The Kier molecular flexibility index (Phi) is 9.59. The summed E-state index contributed by atoms with van der Waals surface area (Å²) >= 11 is 0. The fourth-order valence-electron chi connectivity index (χ4n) is 5.62. The highest BCUT2D eigenvalue weighted by atomic mass is 19.4. The standard InChI is InChI=1S/C32H35F3N10O2/c1-47-30-39-17-22(18-40-30)21-15-37-29(38-16-21)45(31(46)41-14-20-6-3-2-4-7-20)25-12-10-24(11-13-25)43-28-36-19-26(32(33,34)35)27(44-28)42-23-8-5-9-23/h2-4,6-7,15-19,23-25H,5,8-14H2,1H3,(H,41,46)(H2,36,42,43,44). The third-order valence-corrected chi connectivity index (χ3v) is 8.44. The Morgan fingerprint density at radius 1 is 0.851 bits per heavy atom. The van der Waals surface area contributed by atoms with Gasteiger partial charge in [0, 0.05) is 66.8 Å². The number of alkyl halides is 3. The first-order chi connectivity index (χ1) is 22.8. The Balaban J connectivity index is 1.15. The minimum atomic E-state index is -4.56. The Morgan fingerprint density at radius 2 is 1.49 bits per heavy atom. The molecular formula is C32H35F3N10O2. The first kappa shape index (κ1) is 31.9. The van der Waals surface area contributed by atoms with E-state index >= 15 is 0 Å². The van der Waals surface area contributed by atoms with Crippen molar-refractivity contribution in [2.75, 3.05) is 22.6 Å². The monoisotopic (exact) mass is 648 g/mol. The summed E-state index contributed by atoms with van der Waals surface area (Å²) < 4.78 is 45.9. The molecule has 2 fully saturated rings. The number of nitrogens with one attached hydrogen (secondary N) is 3. The third kappa shape index (κ3) is 7.84. The summed E-state index contributed by atoms with van der Waals surface area (Å²) in [6, 6.07) is 9.17. The third-order valence-electron chi connectivity index (χ3n) is 8.44. The van der Waals surface area contributed by atoms with Gasteiger partial charge in [0.05, 0.1) is 7.11 Å². The lowest BCUT2D eigenvalue weighted by molar-refractivity contribution is -0.137. The van der Waals surface area contributed by atoms with Crippen LogP contribution < -0.4 is 25.6 Å². The number of carbonyl (C=O) groups is 1. The van der Waals surface area contributed by atoms with E-state index in [4.69, 9.17) is 4.74 Å². The summed E-state index contributed by atoms with van der Waals surface area (Å²) in [4.78, 5) is 40.8. The van der Waals surface area contributed by atoms with Crippen LogP contribution in [0.3, 0.4) is 0 Å². The number of urea groups is 1. The lowest BCUT2D eigenvalue weighted by Gasteiger charge is -2.36. The Bertz CT molecular complexity index is 1630. The molecule has 2 aliphatic carbocycles. The van der Waals surface area contributed by atoms with Gasteiger partial charge in [0.2, 0.25) is 11.9 Å². The van der Waals surface area contributed by atoms with Crippen LogP contribution in [0.1, 0.15) is 56.1 Å². The van der Waals surface area contributed by atoms with E-state index in [0.717, 1.165) is 31.0 Å². The summed E-state index contributed by atoms with van der Waals surface area (Å²) in [6.07, 6.45) is 7.79. The molecule has 2 amide bonds. The van der Waals surface area contributed by atoms with Gasteiger partial charge >= 0.3 is 18.2 Å². The van der Waals surface area contributed by atoms with Gasteiger partial charge in [-0.15, -0.1) is 0 Å². The maximum Gasteiger partial charge on any atom is 0.421 e. The molecule has 12 nitrogen and oxygen atoms in total. The van der Waals surface area contributed by atoms with Crippen molar-refractivity contribution in [2.24, 2.45) is 0 Å². The van der Waals surface area contributed by atoms with Gasteiger partial charge in [-0.3, -0.25) is 4.90 Å². The summed E-state index contributed by atoms with van der Waals surface area (Å²) in [5.41, 5.74) is 1.45. The molecule has 1 aromatic carbocycles.